The highest BCUT2D eigenvalue weighted by Crippen LogP contribution is 2.27. The molecule has 0 heterocycles. The minimum absolute atomic E-state index is 0.0831. The first-order chi connectivity index (χ1) is 7.69. The van der Waals surface area contributed by atoms with Gasteiger partial charge < -0.3 is 5.73 Å². The SMILES string of the molecule is Cc1ccc(N)c(C)c1S(=O)(=O)N(C)C(C)C. The molecule has 17 heavy (non-hydrogen) atoms. The Morgan fingerprint density at radius 2 is 1.76 bits per heavy atom. The fourth-order valence-corrected chi connectivity index (χ4v) is 3.48. The van der Waals surface area contributed by atoms with Gasteiger partial charge in [0.25, 0.3) is 0 Å². The van der Waals surface area contributed by atoms with E-state index in [1.807, 2.05) is 13.8 Å². The first-order valence-corrected chi connectivity index (χ1v) is 6.97. The van der Waals surface area contributed by atoms with Crippen molar-refractivity contribution in [1.82, 2.24) is 4.31 Å². The highest BCUT2D eigenvalue weighted by atomic mass is 32.2. The lowest BCUT2D eigenvalue weighted by Crippen LogP contribution is -2.34. The van der Waals surface area contributed by atoms with Crippen LogP contribution in [0, 0.1) is 13.8 Å². The van der Waals surface area contributed by atoms with Gasteiger partial charge in [0.05, 0.1) is 4.90 Å². The summed E-state index contributed by atoms with van der Waals surface area (Å²) in [4.78, 5) is 0.328. The van der Waals surface area contributed by atoms with E-state index >= 15 is 0 Å². The number of aryl methyl sites for hydroxylation is 1. The molecule has 5 heteroatoms. The first kappa shape index (κ1) is 14.0. The maximum atomic E-state index is 12.4. The van der Waals surface area contributed by atoms with Crippen LogP contribution in [-0.2, 0) is 10.0 Å². The predicted octanol–water partition coefficient (Wildman–Crippen LogP) is 1.91. The normalized spacial score (nSPS) is 12.4. The number of benzene rings is 1. The summed E-state index contributed by atoms with van der Waals surface area (Å²) in [5.74, 6) is 0. The summed E-state index contributed by atoms with van der Waals surface area (Å²) in [7, 11) is -1.88. The van der Waals surface area contributed by atoms with Crippen molar-refractivity contribution in [3.63, 3.8) is 0 Å². The van der Waals surface area contributed by atoms with Crippen molar-refractivity contribution in [3.8, 4) is 0 Å². The quantitative estimate of drug-likeness (QED) is 0.840. The van der Waals surface area contributed by atoms with Gasteiger partial charge in [-0.05, 0) is 44.9 Å². The molecular formula is C12H20N2O2S. The molecule has 1 aromatic carbocycles. The van der Waals surface area contributed by atoms with Gasteiger partial charge in [-0.2, -0.15) is 4.31 Å². The number of rotatable bonds is 3. The van der Waals surface area contributed by atoms with Gasteiger partial charge in [-0.25, -0.2) is 8.42 Å². The Kier molecular flexibility index (Phi) is 3.84. The van der Waals surface area contributed by atoms with Crippen molar-refractivity contribution in [3.05, 3.63) is 23.3 Å². The molecule has 0 aliphatic rings. The predicted molar refractivity (Wildman–Crippen MR) is 70.4 cm³/mol. The van der Waals surface area contributed by atoms with Crippen LogP contribution in [0.25, 0.3) is 0 Å². The molecule has 0 amide bonds. The molecule has 0 radical (unpaired) electrons. The van der Waals surface area contributed by atoms with Crippen LogP contribution in [0.5, 0.6) is 0 Å². The molecule has 4 nitrogen and oxygen atoms in total. The van der Waals surface area contributed by atoms with Crippen molar-refractivity contribution >= 4 is 15.7 Å². The molecule has 0 saturated heterocycles. The summed E-state index contributed by atoms with van der Waals surface area (Å²) in [6.45, 7) is 7.21. The average molecular weight is 256 g/mol. The van der Waals surface area contributed by atoms with Crippen molar-refractivity contribution < 1.29 is 8.42 Å². The summed E-state index contributed by atoms with van der Waals surface area (Å²) < 4.78 is 26.2. The fourth-order valence-electron chi connectivity index (χ4n) is 1.66. The lowest BCUT2D eigenvalue weighted by molar-refractivity contribution is 0.410. The second-order valence-corrected chi connectivity index (χ2v) is 6.48. The van der Waals surface area contributed by atoms with Crippen LogP contribution in [-0.4, -0.2) is 25.8 Å². The van der Waals surface area contributed by atoms with E-state index in [-0.39, 0.29) is 6.04 Å². The number of nitrogens with zero attached hydrogens (tertiary/aromatic N) is 1. The van der Waals surface area contributed by atoms with E-state index in [2.05, 4.69) is 0 Å². The van der Waals surface area contributed by atoms with E-state index in [1.165, 1.54) is 4.31 Å². The van der Waals surface area contributed by atoms with Crippen LogP contribution in [0.1, 0.15) is 25.0 Å². The van der Waals surface area contributed by atoms with E-state index in [0.29, 0.717) is 16.1 Å². The number of hydrogen-bond donors (Lipinski definition) is 1. The number of nitrogen functional groups attached to an aromatic ring is 1. The molecule has 0 spiro atoms. The van der Waals surface area contributed by atoms with Gasteiger partial charge in [-0.3, -0.25) is 0 Å². The number of hydrogen-bond acceptors (Lipinski definition) is 3. The van der Waals surface area contributed by atoms with Crippen LogP contribution >= 0.6 is 0 Å². The molecule has 1 rings (SSSR count). The fraction of sp³-hybridized carbons (Fsp3) is 0.500. The number of sulfonamides is 1. The topological polar surface area (TPSA) is 63.4 Å². The van der Waals surface area contributed by atoms with Crippen molar-refractivity contribution in [2.45, 2.75) is 38.6 Å². The minimum Gasteiger partial charge on any atom is -0.398 e. The molecule has 0 aliphatic carbocycles. The largest absolute Gasteiger partial charge is 0.398 e. The summed E-state index contributed by atoms with van der Waals surface area (Å²) in [6, 6.07) is 3.39. The first-order valence-electron chi connectivity index (χ1n) is 5.53. The molecule has 0 atom stereocenters. The van der Waals surface area contributed by atoms with Crippen LogP contribution in [0.2, 0.25) is 0 Å². The smallest absolute Gasteiger partial charge is 0.243 e. The zero-order valence-electron chi connectivity index (χ0n) is 11.0. The molecule has 0 bridgehead atoms. The van der Waals surface area contributed by atoms with Gasteiger partial charge in [0.15, 0.2) is 0 Å². The standard InChI is InChI=1S/C12H20N2O2S/c1-8(2)14(5)17(15,16)12-9(3)6-7-11(13)10(12)4/h6-8H,13H2,1-5H3. The van der Waals surface area contributed by atoms with Crippen LogP contribution < -0.4 is 5.73 Å². The highest BCUT2D eigenvalue weighted by Gasteiger charge is 2.27. The van der Waals surface area contributed by atoms with Crippen LogP contribution in [0.15, 0.2) is 17.0 Å². The maximum absolute atomic E-state index is 12.4. The summed E-state index contributed by atoms with van der Waals surface area (Å²) in [5.41, 5.74) is 7.63. The van der Waals surface area contributed by atoms with Gasteiger partial charge in [0, 0.05) is 18.8 Å². The third kappa shape index (κ3) is 2.45. The van der Waals surface area contributed by atoms with Gasteiger partial charge in [0.2, 0.25) is 10.0 Å². The van der Waals surface area contributed by atoms with E-state index in [0.717, 1.165) is 5.56 Å². The van der Waals surface area contributed by atoms with Gasteiger partial charge >= 0.3 is 0 Å². The third-order valence-corrected chi connectivity index (χ3v) is 5.33. The van der Waals surface area contributed by atoms with E-state index < -0.39 is 10.0 Å². The molecule has 1 aromatic rings. The van der Waals surface area contributed by atoms with E-state index in [9.17, 15) is 8.42 Å². The molecular weight excluding hydrogens is 236 g/mol. The monoisotopic (exact) mass is 256 g/mol. The molecule has 0 saturated carbocycles. The minimum atomic E-state index is -3.47. The zero-order chi connectivity index (χ0) is 13.4. The highest BCUT2D eigenvalue weighted by molar-refractivity contribution is 7.89. The number of anilines is 1. The van der Waals surface area contributed by atoms with Crippen molar-refractivity contribution in [2.75, 3.05) is 12.8 Å². The molecule has 0 aromatic heterocycles. The molecule has 0 aliphatic heterocycles. The molecule has 0 fully saturated rings. The second kappa shape index (κ2) is 4.66. The maximum Gasteiger partial charge on any atom is 0.243 e. The van der Waals surface area contributed by atoms with E-state index in [1.54, 1.807) is 33.0 Å². The summed E-state index contributed by atoms with van der Waals surface area (Å²) in [6.07, 6.45) is 0. The van der Waals surface area contributed by atoms with Gasteiger partial charge in [-0.1, -0.05) is 6.07 Å². The molecule has 2 N–H and O–H groups in total. The van der Waals surface area contributed by atoms with Crippen LogP contribution in [0.3, 0.4) is 0 Å². The Morgan fingerprint density at radius 1 is 1.24 bits per heavy atom. The second-order valence-electron chi connectivity index (χ2n) is 4.54. The Balaban J connectivity index is 3.49. The molecule has 96 valence electrons. The Hall–Kier alpha value is -1.07. The zero-order valence-corrected chi connectivity index (χ0v) is 11.8. The van der Waals surface area contributed by atoms with Crippen molar-refractivity contribution in [2.24, 2.45) is 0 Å². The Morgan fingerprint density at radius 3 is 2.24 bits per heavy atom. The van der Waals surface area contributed by atoms with Crippen molar-refractivity contribution in [1.29, 1.82) is 0 Å². The lowest BCUT2D eigenvalue weighted by Gasteiger charge is -2.23. The Bertz CT molecular complexity index is 522. The van der Waals surface area contributed by atoms with E-state index in [4.69, 9.17) is 5.73 Å². The lowest BCUT2D eigenvalue weighted by atomic mass is 10.1. The number of nitrogens with two attached hydrogens (primary N) is 1. The van der Waals surface area contributed by atoms with Gasteiger partial charge in [0.1, 0.15) is 0 Å². The summed E-state index contributed by atoms with van der Waals surface area (Å²) >= 11 is 0. The molecule has 0 unspecified atom stereocenters. The average Bonchev–Trinajstić information content (AvgIpc) is 2.22. The Labute approximate surface area is 103 Å². The van der Waals surface area contributed by atoms with Gasteiger partial charge in [-0.15, -0.1) is 0 Å². The third-order valence-electron chi connectivity index (χ3n) is 3.01. The van der Waals surface area contributed by atoms with Crippen LogP contribution in [0.4, 0.5) is 5.69 Å². The summed E-state index contributed by atoms with van der Waals surface area (Å²) in [5, 5.41) is 0.